The second-order valence-corrected chi connectivity index (χ2v) is 3.09. The number of methoxy groups -OCH3 is 1. The highest BCUT2D eigenvalue weighted by Crippen LogP contribution is 2.10. The zero-order valence-corrected chi connectivity index (χ0v) is 8.38. The van der Waals surface area contributed by atoms with Gasteiger partial charge in [-0.2, -0.15) is 0 Å². The van der Waals surface area contributed by atoms with Crippen LogP contribution in [0.3, 0.4) is 0 Å². The van der Waals surface area contributed by atoms with Crippen molar-refractivity contribution in [3.8, 4) is 0 Å². The molecule has 0 bridgehead atoms. The van der Waals surface area contributed by atoms with Gasteiger partial charge in [0, 0.05) is 6.20 Å². The summed E-state index contributed by atoms with van der Waals surface area (Å²) >= 11 is 0. The van der Waals surface area contributed by atoms with Crippen molar-refractivity contribution in [1.82, 2.24) is 9.38 Å². The Morgan fingerprint density at radius 1 is 1.44 bits per heavy atom. The number of carbonyl (C=O) groups excluding carboxylic acids is 1. The van der Waals surface area contributed by atoms with Gasteiger partial charge in [0.25, 0.3) is 0 Å². The van der Waals surface area contributed by atoms with E-state index in [1.54, 1.807) is 6.07 Å². The molecular weight excluding hydrogens is 212 g/mol. The second kappa shape index (κ2) is 3.65. The number of nitrogens with zero attached hydrogens (tertiary/aromatic N) is 2. The number of pyridine rings is 1. The van der Waals surface area contributed by atoms with E-state index in [4.69, 9.17) is 5.11 Å². The molecule has 6 nitrogen and oxygen atoms in total. The topological polar surface area (TPSA) is 80.9 Å². The number of aromatic carboxylic acids is 1. The fraction of sp³-hybridized carbons (Fsp3) is 0.100. The van der Waals surface area contributed by atoms with E-state index in [-0.39, 0.29) is 11.3 Å². The number of fused-ring (bicyclic) bond motifs is 1. The Morgan fingerprint density at radius 2 is 2.19 bits per heavy atom. The zero-order valence-electron chi connectivity index (χ0n) is 8.38. The van der Waals surface area contributed by atoms with Gasteiger partial charge in [-0.05, 0) is 12.1 Å². The quantitative estimate of drug-likeness (QED) is 0.757. The number of carboxylic acid groups (broad SMARTS) is 1. The molecule has 0 aliphatic heterocycles. The average molecular weight is 220 g/mol. The molecule has 0 aliphatic carbocycles. The Bertz CT molecular complexity index is 573. The third-order valence-electron chi connectivity index (χ3n) is 2.15. The minimum atomic E-state index is -1.10. The van der Waals surface area contributed by atoms with Crippen molar-refractivity contribution in [2.24, 2.45) is 0 Å². The van der Waals surface area contributed by atoms with Crippen molar-refractivity contribution in [3.05, 3.63) is 35.8 Å². The van der Waals surface area contributed by atoms with Crippen LogP contribution in [0.1, 0.15) is 20.8 Å². The lowest BCUT2D eigenvalue weighted by Gasteiger charge is -2.01. The summed E-state index contributed by atoms with van der Waals surface area (Å²) in [5.74, 6) is -1.62. The van der Waals surface area contributed by atoms with E-state index in [1.165, 1.54) is 30.0 Å². The van der Waals surface area contributed by atoms with E-state index in [2.05, 4.69) is 9.72 Å². The highest BCUT2D eigenvalue weighted by atomic mass is 16.5. The maximum Gasteiger partial charge on any atom is 0.354 e. The van der Waals surface area contributed by atoms with Gasteiger partial charge in [0.05, 0.1) is 18.9 Å². The lowest BCUT2D eigenvalue weighted by atomic mass is 10.3. The third kappa shape index (κ3) is 1.50. The van der Waals surface area contributed by atoms with Crippen LogP contribution in [0.25, 0.3) is 5.65 Å². The summed E-state index contributed by atoms with van der Waals surface area (Å²) in [7, 11) is 1.26. The number of hydrogen-bond donors (Lipinski definition) is 1. The second-order valence-electron chi connectivity index (χ2n) is 3.09. The Labute approximate surface area is 90.1 Å². The van der Waals surface area contributed by atoms with Crippen molar-refractivity contribution < 1.29 is 19.4 Å². The van der Waals surface area contributed by atoms with E-state index < -0.39 is 11.9 Å². The Balaban J connectivity index is 2.63. The van der Waals surface area contributed by atoms with E-state index in [0.29, 0.717) is 5.65 Å². The molecule has 0 aliphatic rings. The highest BCUT2D eigenvalue weighted by molar-refractivity contribution is 5.90. The van der Waals surface area contributed by atoms with Gasteiger partial charge < -0.3 is 9.84 Å². The lowest BCUT2D eigenvalue weighted by Crippen LogP contribution is -2.06. The van der Waals surface area contributed by atoms with E-state index in [9.17, 15) is 9.59 Å². The normalized spacial score (nSPS) is 10.3. The smallest absolute Gasteiger partial charge is 0.354 e. The standard InChI is InChI=1S/C10H8N2O4/c1-16-10(15)6-2-3-8-11-4-7(9(13)14)12(8)5-6/h2-5H,1H3,(H,13,14). The van der Waals surface area contributed by atoms with Gasteiger partial charge in [-0.1, -0.05) is 0 Å². The van der Waals surface area contributed by atoms with Gasteiger partial charge >= 0.3 is 11.9 Å². The van der Waals surface area contributed by atoms with Crippen molar-refractivity contribution in [2.45, 2.75) is 0 Å². The molecule has 16 heavy (non-hydrogen) atoms. The fourth-order valence-electron chi connectivity index (χ4n) is 1.38. The van der Waals surface area contributed by atoms with Gasteiger partial charge in [-0.15, -0.1) is 0 Å². The monoisotopic (exact) mass is 220 g/mol. The molecule has 0 radical (unpaired) electrons. The summed E-state index contributed by atoms with van der Waals surface area (Å²) in [6.45, 7) is 0. The minimum Gasteiger partial charge on any atom is -0.477 e. The summed E-state index contributed by atoms with van der Waals surface area (Å²) in [4.78, 5) is 26.0. The molecule has 0 atom stereocenters. The number of carboxylic acids is 1. The molecule has 6 heteroatoms. The van der Waals surface area contributed by atoms with Gasteiger partial charge in [0.2, 0.25) is 0 Å². The molecule has 0 saturated carbocycles. The SMILES string of the molecule is COC(=O)c1ccc2ncc(C(=O)O)n2c1. The molecule has 0 spiro atoms. The predicted molar refractivity (Wildman–Crippen MR) is 53.5 cm³/mol. The fourth-order valence-corrected chi connectivity index (χ4v) is 1.38. The summed E-state index contributed by atoms with van der Waals surface area (Å²) in [6, 6.07) is 3.08. The van der Waals surface area contributed by atoms with Crippen molar-refractivity contribution in [2.75, 3.05) is 7.11 Å². The van der Waals surface area contributed by atoms with Gasteiger partial charge in [0.1, 0.15) is 5.65 Å². The largest absolute Gasteiger partial charge is 0.477 e. The maximum atomic E-state index is 11.3. The van der Waals surface area contributed by atoms with Gasteiger partial charge in [0.15, 0.2) is 5.69 Å². The van der Waals surface area contributed by atoms with Crippen LogP contribution in [0.2, 0.25) is 0 Å². The number of hydrogen-bond acceptors (Lipinski definition) is 4. The number of ether oxygens (including phenoxy) is 1. The summed E-state index contributed by atoms with van der Waals surface area (Å²) < 4.78 is 5.87. The van der Waals surface area contributed by atoms with Crippen LogP contribution in [0.15, 0.2) is 24.5 Å². The van der Waals surface area contributed by atoms with Crippen molar-refractivity contribution in [3.63, 3.8) is 0 Å². The first-order valence-corrected chi connectivity index (χ1v) is 4.42. The summed E-state index contributed by atoms with van der Waals surface area (Å²) in [5, 5.41) is 8.88. The van der Waals surface area contributed by atoms with E-state index in [0.717, 1.165) is 0 Å². The Kier molecular flexibility index (Phi) is 2.32. The number of carbonyl (C=O) groups is 2. The minimum absolute atomic E-state index is 0.000697. The van der Waals surface area contributed by atoms with Crippen LogP contribution in [0, 0.1) is 0 Å². The number of imidazole rings is 1. The van der Waals surface area contributed by atoms with Crippen LogP contribution >= 0.6 is 0 Å². The third-order valence-corrected chi connectivity index (χ3v) is 2.15. The van der Waals surface area contributed by atoms with E-state index >= 15 is 0 Å². The first-order valence-electron chi connectivity index (χ1n) is 4.42. The highest BCUT2D eigenvalue weighted by Gasteiger charge is 2.12. The Hall–Kier alpha value is -2.37. The molecule has 0 fully saturated rings. The van der Waals surface area contributed by atoms with Crippen LogP contribution in [-0.4, -0.2) is 33.5 Å². The zero-order chi connectivity index (χ0) is 11.7. The average Bonchev–Trinajstić information content (AvgIpc) is 2.70. The van der Waals surface area contributed by atoms with Gasteiger partial charge in [-0.25, -0.2) is 14.6 Å². The first-order chi connectivity index (χ1) is 7.63. The molecule has 2 aromatic heterocycles. The van der Waals surface area contributed by atoms with Crippen molar-refractivity contribution in [1.29, 1.82) is 0 Å². The lowest BCUT2D eigenvalue weighted by molar-refractivity contribution is 0.0598. The summed E-state index contributed by atoms with van der Waals surface area (Å²) in [6.07, 6.45) is 2.62. The maximum absolute atomic E-state index is 11.3. The molecule has 2 rings (SSSR count). The molecular formula is C10H8N2O4. The molecule has 1 N–H and O–H groups in total. The predicted octanol–water partition coefficient (Wildman–Crippen LogP) is 0.819. The molecule has 0 saturated heterocycles. The van der Waals surface area contributed by atoms with Crippen LogP contribution in [-0.2, 0) is 4.74 Å². The first kappa shape index (κ1) is 10.2. The van der Waals surface area contributed by atoms with Gasteiger partial charge in [-0.3, -0.25) is 4.40 Å². The molecule has 2 heterocycles. The molecule has 2 aromatic rings. The van der Waals surface area contributed by atoms with Crippen LogP contribution in [0.4, 0.5) is 0 Å². The van der Waals surface area contributed by atoms with E-state index in [1.807, 2.05) is 0 Å². The molecule has 0 aromatic carbocycles. The molecule has 0 amide bonds. The molecule has 0 unspecified atom stereocenters. The van der Waals surface area contributed by atoms with Crippen LogP contribution in [0.5, 0.6) is 0 Å². The summed E-state index contributed by atoms with van der Waals surface area (Å²) in [5.41, 5.74) is 0.737. The van der Waals surface area contributed by atoms with Crippen LogP contribution < -0.4 is 0 Å². The Morgan fingerprint density at radius 3 is 2.81 bits per heavy atom. The molecule has 82 valence electrons. The number of aromatic nitrogens is 2. The number of esters is 1. The van der Waals surface area contributed by atoms with Crippen molar-refractivity contribution >= 4 is 17.6 Å². The number of rotatable bonds is 2.